The van der Waals surface area contributed by atoms with E-state index in [1.165, 1.54) is 11.3 Å². The van der Waals surface area contributed by atoms with Crippen molar-refractivity contribution in [1.82, 2.24) is 9.80 Å². The van der Waals surface area contributed by atoms with Crippen molar-refractivity contribution in [3.63, 3.8) is 0 Å². The Hall–Kier alpha value is -1.49. The van der Waals surface area contributed by atoms with E-state index >= 15 is 0 Å². The summed E-state index contributed by atoms with van der Waals surface area (Å²) >= 11 is 1.89. The van der Waals surface area contributed by atoms with E-state index < -0.39 is 0 Å². The molecule has 0 radical (unpaired) electrons. The summed E-state index contributed by atoms with van der Waals surface area (Å²) in [6.07, 6.45) is 5.81. The Bertz CT molecular complexity index is 585. The molecular weight excluding hydrogens is 332 g/mol. The first-order valence-electron chi connectivity index (χ1n) is 9.24. The zero-order valence-corrected chi connectivity index (χ0v) is 15.8. The summed E-state index contributed by atoms with van der Waals surface area (Å²) in [4.78, 5) is 28.6. The van der Waals surface area contributed by atoms with E-state index in [1.54, 1.807) is 4.90 Å². The fourth-order valence-corrected chi connectivity index (χ4v) is 4.74. The number of thioether (sulfide) groups is 1. The predicted molar refractivity (Wildman–Crippen MR) is 103 cm³/mol. The normalized spacial score (nSPS) is 21.8. The summed E-state index contributed by atoms with van der Waals surface area (Å²) in [6.45, 7) is 2.67. The molecule has 4 nitrogen and oxygen atoms in total. The van der Waals surface area contributed by atoms with Crippen LogP contribution in [0.5, 0.6) is 0 Å². The molecular formula is C20H28N2O2S. The van der Waals surface area contributed by atoms with Crippen molar-refractivity contribution in [2.45, 2.75) is 25.7 Å². The van der Waals surface area contributed by atoms with Crippen molar-refractivity contribution in [3.05, 3.63) is 35.9 Å². The molecule has 2 aliphatic rings. The molecule has 1 aromatic carbocycles. The smallest absolute Gasteiger partial charge is 0.242 e. The fraction of sp³-hybridized carbons (Fsp3) is 0.600. The number of amides is 2. The van der Waals surface area contributed by atoms with Crippen molar-refractivity contribution in [1.29, 1.82) is 0 Å². The van der Waals surface area contributed by atoms with E-state index in [0.717, 1.165) is 38.3 Å². The van der Waals surface area contributed by atoms with E-state index in [2.05, 4.69) is 18.4 Å². The van der Waals surface area contributed by atoms with Gasteiger partial charge in [0, 0.05) is 26.1 Å². The molecule has 1 atom stereocenters. The van der Waals surface area contributed by atoms with Crippen LogP contribution in [-0.2, 0) is 16.0 Å². The Morgan fingerprint density at radius 3 is 2.56 bits per heavy atom. The molecule has 2 fully saturated rings. The molecule has 0 spiro atoms. The fourth-order valence-electron chi connectivity index (χ4n) is 3.94. The molecule has 2 aliphatic heterocycles. The van der Waals surface area contributed by atoms with Crippen LogP contribution in [0.1, 0.15) is 24.8 Å². The van der Waals surface area contributed by atoms with Gasteiger partial charge in [-0.15, -0.1) is 0 Å². The maximum Gasteiger partial charge on any atom is 0.242 e. The first kappa shape index (κ1) is 18.3. The lowest BCUT2D eigenvalue weighted by Gasteiger charge is -2.32. The van der Waals surface area contributed by atoms with Crippen LogP contribution in [0.25, 0.3) is 0 Å². The van der Waals surface area contributed by atoms with Crippen LogP contribution in [-0.4, -0.2) is 59.8 Å². The third-order valence-corrected chi connectivity index (χ3v) is 6.16. The van der Waals surface area contributed by atoms with Gasteiger partial charge in [-0.1, -0.05) is 30.3 Å². The minimum Gasteiger partial charge on any atom is -0.341 e. The van der Waals surface area contributed by atoms with Crippen LogP contribution < -0.4 is 0 Å². The van der Waals surface area contributed by atoms with Crippen LogP contribution in [0.4, 0.5) is 0 Å². The predicted octanol–water partition coefficient (Wildman–Crippen LogP) is 2.68. The van der Waals surface area contributed by atoms with Gasteiger partial charge in [-0.2, -0.15) is 11.8 Å². The number of hydrogen-bond acceptors (Lipinski definition) is 3. The maximum absolute atomic E-state index is 12.6. The Morgan fingerprint density at radius 1 is 1.16 bits per heavy atom. The SMILES string of the molecule is CSCC1CCN(C(=O)CN2C[C@H](Cc3ccccc3)CC2=O)CC1. The minimum atomic E-state index is 0.122. The average molecular weight is 361 g/mol. The van der Waals surface area contributed by atoms with Crippen LogP contribution in [0, 0.1) is 11.8 Å². The molecule has 0 N–H and O–H groups in total. The van der Waals surface area contributed by atoms with Crippen molar-refractivity contribution >= 4 is 23.6 Å². The van der Waals surface area contributed by atoms with Crippen LogP contribution >= 0.6 is 11.8 Å². The molecule has 136 valence electrons. The number of benzene rings is 1. The van der Waals surface area contributed by atoms with Gasteiger partial charge in [-0.3, -0.25) is 9.59 Å². The van der Waals surface area contributed by atoms with Gasteiger partial charge in [-0.05, 0) is 48.7 Å². The molecule has 5 heteroatoms. The largest absolute Gasteiger partial charge is 0.341 e. The van der Waals surface area contributed by atoms with Crippen molar-refractivity contribution in [3.8, 4) is 0 Å². The molecule has 0 aliphatic carbocycles. The summed E-state index contributed by atoms with van der Waals surface area (Å²) in [7, 11) is 0. The molecule has 2 saturated heterocycles. The highest BCUT2D eigenvalue weighted by Gasteiger charge is 2.32. The molecule has 0 saturated carbocycles. The second kappa shape index (κ2) is 8.75. The van der Waals surface area contributed by atoms with Crippen LogP contribution in [0.15, 0.2) is 30.3 Å². The molecule has 2 amide bonds. The summed E-state index contributed by atoms with van der Waals surface area (Å²) in [5.74, 6) is 2.51. The molecule has 3 rings (SSSR count). The number of nitrogens with zero attached hydrogens (tertiary/aromatic N) is 2. The van der Waals surface area contributed by atoms with E-state index in [0.29, 0.717) is 18.9 Å². The van der Waals surface area contributed by atoms with Crippen LogP contribution in [0.3, 0.4) is 0 Å². The van der Waals surface area contributed by atoms with E-state index in [9.17, 15) is 9.59 Å². The average Bonchev–Trinajstić information content (AvgIpc) is 2.96. The zero-order chi connectivity index (χ0) is 17.6. The highest BCUT2D eigenvalue weighted by molar-refractivity contribution is 7.98. The number of carbonyl (C=O) groups is 2. The topological polar surface area (TPSA) is 40.6 Å². The van der Waals surface area contributed by atoms with E-state index in [1.807, 2.05) is 34.9 Å². The van der Waals surface area contributed by atoms with Gasteiger partial charge < -0.3 is 9.80 Å². The number of likely N-dealkylation sites (tertiary alicyclic amines) is 2. The summed E-state index contributed by atoms with van der Waals surface area (Å²) < 4.78 is 0. The van der Waals surface area contributed by atoms with Gasteiger partial charge in [0.15, 0.2) is 0 Å². The minimum absolute atomic E-state index is 0.122. The molecule has 0 aromatic heterocycles. The van der Waals surface area contributed by atoms with Crippen molar-refractivity contribution < 1.29 is 9.59 Å². The first-order valence-corrected chi connectivity index (χ1v) is 10.6. The lowest BCUT2D eigenvalue weighted by atomic mass is 9.98. The Labute approximate surface area is 154 Å². The Balaban J connectivity index is 1.46. The van der Waals surface area contributed by atoms with Gasteiger partial charge in [0.25, 0.3) is 0 Å². The second-order valence-corrected chi connectivity index (χ2v) is 8.22. The lowest BCUT2D eigenvalue weighted by Crippen LogP contribution is -2.44. The quantitative estimate of drug-likeness (QED) is 0.783. The maximum atomic E-state index is 12.6. The monoisotopic (exact) mass is 360 g/mol. The number of hydrogen-bond donors (Lipinski definition) is 0. The molecule has 0 unspecified atom stereocenters. The number of carbonyl (C=O) groups excluding carboxylic acids is 2. The highest BCUT2D eigenvalue weighted by atomic mass is 32.2. The molecule has 25 heavy (non-hydrogen) atoms. The van der Waals surface area contributed by atoms with Gasteiger partial charge in [0.2, 0.25) is 11.8 Å². The Kier molecular flexibility index (Phi) is 6.40. The number of rotatable bonds is 6. The van der Waals surface area contributed by atoms with Crippen molar-refractivity contribution in [2.24, 2.45) is 11.8 Å². The Morgan fingerprint density at radius 2 is 1.88 bits per heavy atom. The van der Waals surface area contributed by atoms with E-state index in [4.69, 9.17) is 0 Å². The first-order chi connectivity index (χ1) is 12.2. The lowest BCUT2D eigenvalue weighted by molar-refractivity contribution is -0.139. The van der Waals surface area contributed by atoms with Gasteiger partial charge in [0.1, 0.15) is 0 Å². The van der Waals surface area contributed by atoms with Gasteiger partial charge in [0.05, 0.1) is 6.54 Å². The third-order valence-electron chi connectivity index (χ3n) is 5.36. The molecule has 2 heterocycles. The third kappa shape index (κ3) is 5.00. The second-order valence-electron chi connectivity index (χ2n) is 7.31. The van der Waals surface area contributed by atoms with E-state index in [-0.39, 0.29) is 18.4 Å². The highest BCUT2D eigenvalue weighted by Crippen LogP contribution is 2.23. The number of piperidine rings is 1. The van der Waals surface area contributed by atoms with Crippen LogP contribution in [0.2, 0.25) is 0 Å². The standard InChI is InChI=1S/C20H28N2O2S/c1-25-15-17-7-9-21(10-8-17)20(24)14-22-13-18(12-19(22)23)11-16-5-3-2-4-6-16/h2-6,17-18H,7-15H2,1H3/t18-/m1/s1. The van der Waals surface area contributed by atoms with Gasteiger partial charge >= 0.3 is 0 Å². The van der Waals surface area contributed by atoms with Crippen molar-refractivity contribution in [2.75, 3.05) is 38.2 Å². The summed E-state index contributed by atoms with van der Waals surface area (Å²) in [5.41, 5.74) is 1.27. The summed E-state index contributed by atoms with van der Waals surface area (Å²) in [5, 5.41) is 0. The zero-order valence-electron chi connectivity index (χ0n) is 15.0. The molecule has 0 bridgehead atoms. The summed E-state index contributed by atoms with van der Waals surface area (Å²) in [6, 6.07) is 10.3. The van der Waals surface area contributed by atoms with Gasteiger partial charge in [-0.25, -0.2) is 0 Å². The molecule has 1 aromatic rings.